The van der Waals surface area contributed by atoms with E-state index in [1.54, 1.807) is 18.7 Å². The normalized spacial score (nSPS) is 17.7. The van der Waals surface area contributed by atoms with E-state index in [0.717, 1.165) is 31.1 Å². The minimum absolute atomic E-state index is 0.146. The van der Waals surface area contributed by atoms with Crippen molar-refractivity contribution in [2.75, 3.05) is 6.54 Å². The second-order valence-electron chi connectivity index (χ2n) is 6.66. The lowest BCUT2D eigenvalue weighted by atomic mass is 10.2. The molecule has 0 spiro atoms. The number of rotatable bonds is 7. The van der Waals surface area contributed by atoms with Gasteiger partial charge >= 0.3 is 0 Å². The van der Waals surface area contributed by atoms with Crippen LogP contribution in [0.4, 0.5) is 0 Å². The maximum absolute atomic E-state index is 11.5. The van der Waals surface area contributed by atoms with Crippen LogP contribution in [0, 0.1) is 0 Å². The summed E-state index contributed by atoms with van der Waals surface area (Å²) in [7, 11) is 0. The van der Waals surface area contributed by atoms with Crippen LogP contribution in [-0.4, -0.2) is 33.4 Å². The summed E-state index contributed by atoms with van der Waals surface area (Å²) in [4.78, 5) is 22.4. The van der Waals surface area contributed by atoms with Gasteiger partial charge in [0.15, 0.2) is 5.89 Å². The number of nitrogens with zero attached hydrogens (tertiary/aromatic N) is 3. The lowest BCUT2D eigenvalue weighted by Gasteiger charge is -2.24. The molecule has 6 heteroatoms. The number of carbonyl (C=O) groups excluding carboxylic acids is 1. The van der Waals surface area contributed by atoms with E-state index in [9.17, 15) is 4.79 Å². The van der Waals surface area contributed by atoms with Gasteiger partial charge in [0.1, 0.15) is 6.26 Å². The van der Waals surface area contributed by atoms with Gasteiger partial charge in [0.2, 0.25) is 5.91 Å². The van der Waals surface area contributed by atoms with E-state index in [4.69, 9.17) is 4.42 Å². The highest BCUT2D eigenvalue weighted by molar-refractivity contribution is 5.78. The molecule has 3 rings (SSSR count). The van der Waals surface area contributed by atoms with Gasteiger partial charge in [-0.1, -0.05) is 13.8 Å². The second kappa shape index (κ2) is 7.57. The Balaban J connectivity index is 1.69. The van der Waals surface area contributed by atoms with Crippen molar-refractivity contribution in [3.05, 3.63) is 47.9 Å². The van der Waals surface area contributed by atoms with Crippen molar-refractivity contribution in [3.8, 4) is 0 Å². The third-order valence-electron chi connectivity index (χ3n) is 4.17. The van der Waals surface area contributed by atoms with Gasteiger partial charge in [-0.05, 0) is 24.1 Å². The fraction of sp³-hybridized carbons (Fsp3) is 0.500. The van der Waals surface area contributed by atoms with Crippen molar-refractivity contribution in [1.82, 2.24) is 20.2 Å². The minimum atomic E-state index is 0.146. The van der Waals surface area contributed by atoms with Crippen LogP contribution in [0.2, 0.25) is 0 Å². The Morgan fingerprint density at radius 2 is 2.12 bits per heavy atom. The zero-order valence-electron chi connectivity index (χ0n) is 14.2. The van der Waals surface area contributed by atoms with E-state index in [2.05, 4.69) is 34.0 Å². The zero-order valence-corrected chi connectivity index (χ0v) is 14.2. The zero-order chi connectivity index (χ0) is 16.9. The van der Waals surface area contributed by atoms with Crippen molar-refractivity contribution < 1.29 is 9.21 Å². The van der Waals surface area contributed by atoms with E-state index in [1.807, 2.05) is 12.1 Å². The summed E-state index contributed by atoms with van der Waals surface area (Å²) in [6.45, 7) is 6.43. The molecule has 6 nitrogen and oxygen atoms in total. The topological polar surface area (TPSA) is 71.3 Å². The molecule has 3 heterocycles. The largest absolute Gasteiger partial charge is 0.448 e. The van der Waals surface area contributed by atoms with Crippen LogP contribution in [0.15, 0.2) is 35.2 Å². The molecular formula is C18H24N4O2. The van der Waals surface area contributed by atoms with Gasteiger partial charge in [0.25, 0.3) is 0 Å². The summed E-state index contributed by atoms with van der Waals surface area (Å²) >= 11 is 0. The first-order chi connectivity index (χ1) is 11.6. The smallest absolute Gasteiger partial charge is 0.220 e. The summed E-state index contributed by atoms with van der Waals surface area (Å²) in [6, 6.07) is 4.24. The average Bonchev–Trinajstić information content (AvgIpc) is 3.18. The average molecular weight is 328 g/mol. The molecule has 0 unspecified atom stereocenters. The first-order valence-electron chi connectivity index (χ1n) is 8.45. The van der Waals surface area contributed by atoms with Crippen molar-refractivity contribution >= 4 is 5.91 Å². The summed E-state index contributed by atoms with van der Waals surface area (Å²) in [5.41, 5.74) is 2.12. The molecule has 1 atom stereocenters. The van der Waals surface area contributed by atoms with E-state index >= 15 is 0 Å². The van der Waals surface area contributed by atoms with Crippen LogP contribution >= 0.6 is 0 Å². The predicted octanol–water partition coefficient (Wildman–Crippen LogP) is 2.47. The number of hydrogen-bond acceptors (Lipinski definition) is 5. The van der Waals surface area contributed by atoms with Gasteiger partial charge in [-0.15, -0.1) is 0 Å². The first kappa shape index (κ1) is 16.6. The Hall–Kier alpha value is -2.21. The maximum Gasteiger partial charge on any atom is 0.220 e. The molecule has 2 aromatic rings. The van der Waals surface area contributed by atoms with Crippen molar-refractivity contribution in [3.63, 3.8) is 0 Å². The number of amides is 1. The molecule has 2 aromatic heterocycles. The molecule has 0 aliphatic carbocycles. The highest BCUT2D eigenvalue weighted by Gasteiger charge is 2.24. The second-order valence-corrected chi connectivity index (χ2v) is 6.66. The molecule has 0 bridgehead atoms. The van der Waals surface area contributed by atoms with E-state index in [-0.39, 0.29) is 17.9 Å². The first-order valence-corrected chi connectivity index (χ1v) is 8.45. The molecule has 1 aliphatic heterocycles. The van der Waals surface area contributed by atoms with Crippen molar-refractivity contribution in [1.29, 1.82) is 0 Å². The molecule has 1 saturated heterocycles. The van der Waals surface area contributed by atoms with Crippen molar-refractivity contribution in [2.45, 2.75) is 51.7 Å². The van der Waals surface area contributed by atoms with Crippen LogP contribution in [0.25, 0.3) is 0 Å². The lowest BCUT2D eigenvalue weighted by Crippen LogP contribution is -2.38. The summed E-state index contributed by atoms with van der Waals surface area (Å²) < 4.78 is 5.55. The maximum atomic E-state index is 11.5. The molecule has 0 saturated carbocycles. The van der Waals surface area contributed by atoms with Crippen LogP contribution in [-0.2, 0) is 17.9 Å². The molecule has 0 radical (unpaired) electrons. The third-order valence-corrected chi connectivity index (χ3v) is 4.17. The number of aromatic nitrogens is 2. The molecule has 24 heavy (non-hydrogen) atoms. The molecule has 0 aromatic carbocycles. The highest BCUT2D eigenvalue weighted by Crippen LogP contribution is 2.17. The number of pyridine rings is 1. The Morgan fingerprint density at radius 1 is 1.33 bits per heavy atom. The van der Waals surface area contributed by atoms with Crippen LogP contribution in [0.5, 0.6) is 0 Å². The van der Waals surface area contributed by atoms with Crippen LogP contribution in [0.1, 0.15) is 49.8 Å². The summed E-state index contributed by atoms with van der Waals surface area (Å²) in [5.74, 6) is 1.19. The highest BCUT2D eigenvalue weighted by atomic mass is 16.3. The van der Waals surface area contributed by atoms with Crippen LogP contribution < -0.4 is 5.32 Å². The number of oxazole rings is 1. The standard InChI is InChI=1S/C18H24N4O2/c1-13(2)18-21-16(12-24-18)11-22(9-14-5-7-19-8-6-14)10-15-3-4-17(23)20-15/h5-8,12-13,15H,3-4,9-11H2,1-2H3,(H,20,23)/t15-/m0/s1. The quantitative estimate of drug-likeness (QED) is 0.845. The Labute approximate surface area is 142 Å². The van der Waals surface area contributed by atoms with Gasteiger partial charge in [-0.25, -0.2) is 4.98 Å². The number of hydrogen-bond donors (Lipinski definition) is 1. The predicted molar refractivity (Wildman–Crippen MR) is 90.1 cm³/mol. The Morgan fingerprint density at radius 3 is 2.75 bits per heavy atom. The molecule has 1 amide bonds. The molecule has 1 fully saturated rings. The minimum Gasteiger partial charge on any atom is -0.448 e. The van der Waals surface area contributed by atoms with Gasteiger partial charge in [0, 0.05) is 50.4 Å². The van der Waals surface area contributed by atoms with Gasteiger partial charge in [-0.3, -0.25) is 14.7 Å². The SMILES string of the molecule is CC(C)c1nc(CN(Cc2ccncc2)C[C@@H]2CCC(=O)N2)co1. The number of nitrogens with one attached hydrogen (secondary N) is 1. The van der Waals surface area contributed by atoms with Gasteiger partial charge in [0.05, 0.1) is 5.69 Å². The van der Waals surface area contributed by atoms with Crippen molar-refractivity contribution in [2.24, 2.45) is 0 Å². The van der Waals surface area contributed by atoms with E-state index in [1.165, 1.54) is 5.56 Å². The monoisotopic (exact) mass is 328 g/mol. The van der Waals surface area contributed by atoms with Gasteiger partial charge < -0.3 is 9.73 Å². The lowest BCUT2D eigenvalue weighted by molar-refractivity contribution is -0.119. The molecule has 1 aliphatic rings. The van der Waals surface area contributed by atoms with E-state index in [0.29, 0.717) is 13.0 Å². The molecular weight excluding hydrogens is 304 g/mol. The molecule has 1 N–H and O–H groups in total. The Kier molecular flexibility index (Phi) is 5.25. The Bertz CT molecular complexity index is 669. The van der Waals surface area contributed by atoms with Crippen LogP contribution in [0.3, 0.4) is 0 Å². The molecule has 128 valence electrons. The third kappa shape index (κ3) is 4.41. The summed E-state index contributed by atoms with van der Waals surface area (Å²) in [6.07, 6.45) is 6.86. The summed E-state index contributed by atoms with van der Waals surface area (Å²) in [5, 5.41) is 3.04. The van der Waals surface area contributed by atoms with Gasteiger partial charge in [-0.2, -0.15) is 0 Å². The van der Waals surface area contributed by atoms with E-state index < -0.39 is 0 Å². The fourth-order valence-electron chi connectivity index (χ4n) is 2.95. The fourth-order valence-corrected chi connectivity index (χ4v) is 2.95. The number of carbonyl (C=O) groups is 1.